The van der Waals surface area contributed by atoms with Crippen molar-refractivity contribution in [3.8, 4) is 0 Å². The second kappa shape index (κ2) is 5.70. The van der Waals surface area contributed by atoms with Gasteiger partial charge in [-0.2, -0.15) is 0 Å². The maximum atomic E-state index is 11.3. The number of aryl methyl sites for hydroxylation is 1. The standard InChI is InChI=1S/C12H13NO3/c1-9-4-3-5-10(8-9)13-11(14)6-7-12(15)16-2/h3-8H,1-2H3,(H,13,14). The van der Waals surface area contributed by atoms with Crippen molar-refractivity contribution in [2.24, 2.45) is 0 Å². The molecule has 0 aliphatic carbocycles. The summed E-state index contributed by atoms with van der Waals surface area (Å²) >= 11 is 0. The number of esters is 1. The summed E-state index contributed by atoms with van der Waals surface area (Å²) in [5, 5.41) is 2.63. The van der Waals surface area contributed by atoms with E-state index in [1.165, 1.54) is 7.11 Å². The third-order valence-corrected chi connectivity index (χ3v) is 1.86. The lowest BCUT2D eigenvalue weighted by Crippen LogP contribution is -2.09. The molecule has 1 amide bonds. The van der Waals surface area contributed by atoms with Gasteiger partial charge in [0.25, 0.3) is 0 Å². The molecule has 4 heteroatoms. The van der Waals surface area contributed by atoms with E-state index in [1.807, 2.05) is 25.1 Å². The number of carbonyl (C=O) groups excluding carboxylic acids is 2. The van der Waals surface area contributed by atoms with E-state index in [2.05, 4.69) is 10.1 Å². The van der Waals surface area contributed by atoms with E-state index >= 15 is 0 Å². The smallest absolute Gasteiger partial charge is 0.330 e. The summed E-state index contributed by atoms with van der Waals surface area (Å²) in [6, 6.07) is 7.38. The van der Waals surface area contributed by atoms with Gasteiger partial charge in [-0.05, 0) is 24.6 Å². The summed E-state index contributed by atoms with van der Waals surface area (Å²) in [6.07, 6.45) is 2.21. The maximum absolute atomic E-state index is 11.3. The molecule has 1 aromatic carbocycles. The molecule has 0 aliphatic rings. The van der Waals surface area contributed by atoms with Crippen LogP contribution in [0.2, 0.25) is 0 Å². The summed E-state index contributed by atoms with van der Waals surface area (Å²) in [4.78, 5) is 22.1. The molecule has 0 heterocycles. The Morgan fingerprint density at radius 2 is 2.06 bits per heavy atom. The third kappa shape index (κ3) is 3.96. The second-order valence-corrected chi connectivity index (χ2v) is 3.22. The zero-order chi connectivity index (χ0) is 12.0. The number of nitrogens with one attached hydrogen (secondary N) is 1. The Bertz CT molecular complexity index is 424. The number of hydrogen-bond acceptors (Lipinski definition) is 3. The molecule has 0 saturated heterocycles. The van der Waals surface area contributed by atoms with Crippen molar-refractivity contribution in [3.05, 3.63) is 42.0 Å². The van der Waals surface area contributed by atoms with Crippen LogP contribution in [0.15, 0.2) is 36.4 Å². The minimum absolute atomic E-state index is 0.365. The van der Waals surface area contributed by atoms with Gasteiger partial charge in [-0.1, -0.05) is 12.1 Å². The van der Waals surface area contributed by atoms with Crippen LogP contribution in [-0.2, 0) is 14.3 Å². The zero-order valence-corrected chi connectivity index (χ0v) is 9.19. The summed E-state index contributed by atoms with van der Waals surface area (Å²) in [5.41, 5.74) is 1.74. The maximum Gasteiger partial charge on any atom is 0.330 e. The van der Waals surface area contributed by atoms with Crippen LogP contribution in [0.4, 0.5) is 5.69 Å². The molecule has 0 aromatic heterocycles. The van der Waals surface area contributed by atoms with Crippen molar-refractivity contribution < 1.29 is 14.3 Å². The molecule has 0 atom stereocenters. The molecule has 4 nitrogen and oxygen atoms in total. The predicted molar refractivity (Wildman–Crippen MR) is 61.0 cm³/mol. The average molecular weight is 219 g/mol. The highest BCUT2D eigenvalue weighted by Crippen LogP contribution is 2.09. The Morgan fingerprint density at radius 3 is 2.69 bits per heavy atom. The first-order valence-corrected chi connectivity index (χ1v) is 4.75. The van der Waals surface area contributed by atoms with Crippen LogP contribution in [0.1, 0.15) is 5.56 Å². The van der Waals surface area contributed by atoms with Gasteiger partial charge in [0.05, 0.1) is 7.11 Å². The minimum Gasteiger partial charge on any atom is -0.466 e. The van der Waals surface area contributed by atoms with Crippen molar-refractivity contribution in [2.75, 3.05) is 12.4 Å². The topological polar surface area (TPSA) is 55.4 Å². The second-order valence-electron chi connectivity index (χ2n) is 3.22. The first-order chi connectivity index (χ1) is 7.61. The summed E-state index contributed by atoms with van der Waals surface area (Å²) in [7, 11) is 1.26. The van der Waals surface area contributed by atoms with Crippen molar-refractivity contribution in [1.82, 2.24) is 0 Å². The van der Waals surface area contributed by atoms with E-state index in [9.17, 15) is 9.59 Å². The van der Waals surface area contributed by atoms with E-state index < -0.39 is 5.97 Å². The van der Waals surface area contributed by atoms with Gasteiger partial charge >= 0.3 is 5.97 Å². The predicted octanol–water partition coefficient (Wildman–Crippen LogP) is 1.66. The van der Waals surface area contributed by atoms with E-state index in [1.54, 1.807) is 6.07 Å². The Kier molecular flexibility index (Phi) is 4.27. The summed E-state index contributed by atoms with van der Waals surface area (Å²) in [6.45, 7) is 1.93. The molecule has 1 N–H and O–H groups in total. The Balaban J connectivity index is 2.58. The number of anilines is 1. The number of benzene rings is 1. The summed E-state index contributed by atoms with van der Waals surface area (Å²) in [5.74, 6) is -0.921. The lowest BCUT2D eigenvalue weighted by atomic mass is 10.2. The summed E-state index contributed by atoms with van der Waals surface area (Å²) < 4.78 is 4.36. The molecule has 1 rings (SSSR count). The number of hydrogen-bond donors (Lipinski definition) is 1. The van der Waals surface area contributed by atoms with E-state index in [-0.39, 0.29) is 5.91 Å². The van der Waals surface area contributed by atoms with Gasteiger partial charge in [0, 0.05) is 17.8 Å². The minimum atomic E-state index is -0.556. The van der Waals surface area contributed by atoms with Crippen LogP contribution < -0.4 is 5.32 Å². The molecular formula is C12H13NO3. The molecule has 84 valence electrons. The molecule has 0 spiro atoms. The lowest BCUT2D eigenvalue weighted by Gasteiger charge is -2.02. The first-order valence-electron chi connectivity index (χ1n) is 4.75. The highest BCUT2D eigenvalue weighted by molar-refractivity contribution is 6.02. The SMILES string of the molecule is COC(=O)C=CC(=O)Nc1cccc(C)c1. The molecule has 0 saturated carbocycles. The van der Waals surface area contributed by atoms with Crippen LogP contribution in [0.3, 0.4) is 0 Å². The lowest BCUT2D eigenvalue weighted by molar-refractivity contribution is -0.135. The quantitative estimate of drug-likeness (QED) is 0.621. The van der Waals surface area contributed by atoms with Crippen LogP contribution in [0, 0.1) is 6.92 Å². The highest BCUT2D eigenvalue weighted by atomic mass is 16.5. The molecule has 1 aromatic rings. The van der Waals surface area contributed by atoms with Gasteiger partial charge in [-0.25, -0.2) is 4.79 Å². The fraction of sp³-hybridized carbons (Fsp3) is 0.167. The Morgan fingerprint density at radius 1 is 1.31 bits per heavy atom. The van der Waals surface area contributed by atoms with E-state index in [0.29, 0.717) is 5.69 Å². The van der Waals surface area contributed by atoms with Gasteiger partial charge in [0.2, 0.25) is 5.91 Å². The zero-order valence-electron chi connectivity index (χ0n) is 9.19. The molecule has 0 unspecified atom stereocenters. The van der Waals surface area contributed by atoms with Gasteiger partial charge in [-0.15, -0.1) is 0 Å². The van der Waals surface area contributed by atoms with Crippen LogP contribution in [-0.4, -0.2) is 19.0 Å². The molecule has 0 fully saturated rings. The first kappa shape index (κ1) is 12.0. The van der Waals surface area contributed by atoms with Gasteiger partial charge in [0.15, 0.2) is 0 Å². The number of carbonyl (C=O) groups is 2. The number of methoxy groups -OCH3 is 1. The van der Waals surface area contributed by atoms with Gasteiger partial charge in [-0.3, -0.25) is 4.79 Å². The fourth-order valence-corrected chi connectivity index (χ4v) is 1.12. The largest absolute Gasteiger partial charge is 0.466 e. The molecule has 0 bridgehead atoms. The van der Waals surface area contributed by atoms with E-state index in [4.69, 9.17) is 0 Å². The normalized spacial score (nSPS) is 10.1. The molecule has 0 aliphatic heterocycles. The fourth-order valence-electron chi connectivity index (χ4n) is 1.12. The van der Waals surface area contributed by atoms with Crippen LogP contribution >= 0.6 is 0 Å². The average Bonchev–Trinajstić information content (AvgIpc) is 2.26. The third-order valence-electron chi connectivity index (χ3n) is 1.86. The van der Waals surface area contributed by atoms with Crippen molar-refractivity contribution in [1.29, 1.82) is 0 Å². The van der Waals surface area contributed by atoms with Crippen LogP contribution in [0.25, 0.3) is 0 Å². The molecular weight excluding hydrogens is 206 g/mol. The molecule has 0 radical (unpaired) electrons. The molecule has 16 heavy (non-hydrogen) atoms. The van der Waals surface area contributed by atoms with Crippen LogP contribution in [0.5, 0.6) is 0 Å². The number of rotatable bonds is 3. The van der Waals surface area contributed by atoms with E-state index in [0.717, 1.165) is 17.7 Å². The van der Waals surface area contributed by atoms with Crippen molar-refractivity contribution >= 4 is 17.6 Å². The van der Waals surface area contributed by atoms with Gasteiger partial charge < -0.3 is 10.1 Å². The Labute approximate surface area is 93.9 Å². The number of amides is 1. The Hall–Kier alpha value is -2.10. The monoisotopic (exact) mass is 219 g/mol. The van der Waals surface area contributed by atoms with Crippen molar-refractivity contribution in [2.45, 2.75) is 6.92 Å². The highest BCUT2D eigenvalue weighted by Gasteiger charge is 1.99. The van der Waals surface area contributed by atoms with Crippen molar-refractivity contribution in [3.63, 3.8) is 0 Å². The number of ether oxygens (including phenoxy) is 1. The van der Waals surface area contributed by atoms with Gasteiger partial charge in [0.1, 0.15) is 0 Å².